The van der Waals surface area contributed by atoms with E-state index in [1.54, 1.807) is 4.90 Å². The minimum absolute atomic E-state index is 0.0421. The van der Waals surface area contributed by atoms with Gasteiger partial charge < -0.3 is 19.4 Å². The molecule has 3 aliphatic rings. The number of rotatable bonds is 7. The number of nitrogens with zero attached hydrogens (tertiary/aromatic N) is 7. The summed E-state index contributed by atoms with van der Waals surface area (Å²) in [6.07, 6.45) is 2.83. The molecule has 2 fully saturated rings. The van der Waals surface area contributed by atoms with Gasteiger partial charge in [0.05, 0.1) is 30.8 Å². The Kier molecular flexibility index (Phi) is 8.67. The quantitative estimate of drug-likeness (QED) is 0.370. The standard InChI is InChI=1S/C34H40FN7O2/c1-4-31(43)42-17-16-41(20-26(42)13-14-36)33-28-11-7-15-40(30-12-6-10-24-9-5-8-23(2)32(24)30)21-29(28)37-34(38-33)44-22-27-18-25(35)19-39(27)3/h4-6,8-10,12,25-27H,1,7,11,13,15-22H2,2-3H3/t25-,26?,27+/m1/s1. The second kappa shape index (κ2) is 12.8. The van der Waals surface area contributed by atoms with Gasteiger partial charge in [-0.05, 0) is 56.3 Å². The van der Waals surface area contributed by atoms with Gasteiger partial charge in [0, 0.05) is 55.4 Å². The summed E-state index contributed by atoms with van der Waals surface area (Å²) >= 11 is 0. The van der Waals surface area contributed by atoms with E-state index < -0.39 is 6.17 Å². The molecule has 6 rings (SSSR count). The van der Waals surface area contributed by atoms with E-state index in [-0.39, 0.29) is 30.4 Å². The lowest BCUT2D eigenvalue weighted by Crippen LogP contribution is -2.55. The number of likely N-dealkylation sites (tertiary alicyclic amines) is 1. The molecule has 9 nitrogen and oxygen atoms in total. The fourth-order valence-corrected chi connectivity index (χ4v) is 7.00. The van der Waals surface area contributed by atoms with Crippen molar-refractivity contribution in [1.29, 1.82) is 5.26 Å². The number of benzene rings is 2. The zero-order valence-corrected chi connectivity index (χ0v) is 25.6. The van der Waals surface area contributed by atoms with Crippen molar-refractivity contribution in [2.45, 2.75) is 57.4 Å². The molecule has 3 aliphatic heterocycles. The molecule has 1 unspecified atom stereocenters. The zero-order valence-electron chi connectivity index (χ0n) is 25.6. The number of alkyl halides is 1. The summed E-state index contributed by atoms with van der Waals surface area (Å²) in [4.78, 5) is 30.8. The largest absolute Gasteiger partial charge is 0.462 e. The van der Waals surface area contributed by atoms with Crippen molar-refractivity contribution < 1.29 is 13.9 Å². The molecule has 0 aliphatic carbocycles. The molecule has 2 saturated heterocycles. The minimum Gasteiger partial charge on any atom is -0.462 e. The molecule has 0 saturated carbocycles. The van der Waals surface area contributed by atoms with Crippen LogP contribution in [0.1, 0.15) is 36.1 Å². The van der Waals surface area contributed by atoms with Crippen LogP contribution in [0.5, 0.6) is 6.01 Å². The third kappa shape index (κ3) is 5.93. The summed E-state index contributed by atoms with van der Waals surface area (Å²) in [6.45, 7) is 9.50. The van der Waals surface area contributed by atoms with Gasteiger partial charge in [0.15, 0.2) is 0 Å². The van der Waals surface area contributed by atoms with Crippen molar-refractivity contribution in [1.82, 2.24) is 19.8 Å². The van der Waals surface area contributed by atoms with Crippen LogP contribution in [0.25, 0.3) is 10.8 Å². The Morgan fingerprint density at radius 3 is 2.70 bits per heavy atom. The Morgan fingerprint density at radius 1 is 1.14 bits per heavy atom. The molecule has 10 heteroatoms. The van der Waals surface area contributed by atoms with E-state index in [1.165, 1.54) is 28.1 Å². The molecular formula is C34H40FN7O2. The lowest BCUT2D eigenvalue weighted by molar-refractivity contribution is -0.128. The van der Waals surface area contributed by atoms with Crippen LogP contribution >= 0.6 is 0 Å². The summed E-state index contributed by atoms with van der Waals surface area (Å²) < 4.78 is 20.3. The van der Waals surface area contributed by atoms with Gasteiger partial charge in [-0.1, -0.05) is 36.9 Å². The highest BCUT2D eigenvalue weighted by Crippen LogP contribution is 2.35. The lowest BCUT2D eigenvalue weighted by atomic mass is 10.0. The molecule has 3 aromatic rings. The van der Waals surface area contributed by atoms with Gasteiger partial charge >= 0.3 is 6.01 Å². The van der Waals surface area contributed by atoms with Gasteiger partial charge in [0.1, 0.15) is 18.6 Å². The summed E-state index contributed by atoms with van der Waals surface area (Å²) in [6, 6.07) is 15.1. The number of piperazine rings is 1. The summed E-state index contributed by atoms with van der Waals surface area (Å²) in [5.41, 5.74) is 4.41. The Balaban J connectivity index is 1.36. The Hall–Kier alpha value is -4.23. The number of anilines is 2. The lowest BCUT2D eigenvalue weighted by Gasteiger charge is -2.41. The normalized spacial score (nSPS) is 22.4. The van der Waals surface area contributed by atoms with Crippen LogP contribution in [0, 0.1) is 18.3 Å². The minimum atomic E-state index is -0.860. The molecular weight excluding hydrogens is 557 g/mol. The Bertz CT molecular complexity index is 1580. The third-order valence-electron chi connectivity index (χ3n) is 9.29. The number of hydrogen-bond donors (Lipinski definition) is 0. The smallest absolute Gasteiger partial charge is 0.318 e. The Morgan fingerprint density at radius 2 is 1.95 bits per heavy atom. The van der Waals surface area contributed by atoms with Crippen LogP contribution in [0.2, 0.25) is 0 Å². The summed E-state index contributed by atoms with van der Waals surface area (Å²) in [5.74, 6) is 0.640. The van der Waals surface area contributed by atoms with Crippen LogP contribution in [-0.4, -0.2) is 90.3 Å². The van der Waals surface area contributed by atoms with E-state index in [2.05, 4.69) is 65.8 Å². The number of likely N-dealkylation sites (N-methyl/N-ethyl adjacent to an activating group) is 1. The van der Waals surface area contributed by atoms with Crippen molar-refractivity contribution in [2.75, 3.05) is 56.2 Å². The molecule has 1 aromatic heterocycles. The number of ether oxygens (including phenoxy) is 1. The van der Waals surface area contributed by atoms with Crippen LogP contribution in [-0.2, 0) is 17.8 Å². The molecule has 0 radical (unpaired) electrons. The summed E-state index contributed by atoms with van der Waals surface area (Å²) in [7, 11) is 1.92. The average molecular weight is 598 g/mol. The molecule has 1 amide bonds. The first-order chi connectivity index (χ1) is 21.4. The van der Waals surface area contributed by atoms with Crippen molar-refractivity contribution in [3.05, 3.63) is 65.9 Å². The van der Waals surface area contributed by atoms with E-state index in [9.17, 15) is 14.4 Å². The predicted octanol–water partition coefficient (Wildman–Crippen LogP) is 4.43. The van der Waals surface area contributed by atoms with E-state index in [0.29, 0.717) is 45.8 Å². The number of aryl methyl sites for hydroxylation is 1. The first kappa shape index (κ1) is 29.8. The molecule has 3 atom stereocenters. The fraction of sp³-hybridized carbons (Fsp3) is 0.471. The van der Waals surface area contributed by atoms with Crippen LogP contribution < -0.4 is 14.5 Å². The van der Waals surface area contributed by atoms with Gasteiger partial charge in [-0.25, -0.2) is 4.39 Å². The van der Waals surface area contributed by atoms with Crippen molar-refractivity contribution in [3.8, 4) is 12.1 Å². The molecule has 4 heterocycles. The SMILES string of the molecule is C=CC(=O)N1CCN(c2nc(OC[C@@H]3C[C@@H](F)CN3C)nc3c2CCCN(c2cccc4cccc(C)c24)C3)CC1CC#N. The molecule has 230 valence electrons. The first-order valence-corrected chi connectivity index (χ1v) is 15.5. The molecule has 2 aromatic carbocycles. The number of fused-ring (bicyclic) bond motifs is 2. The van der Waals surface area contributed by atoms with Crippen LogP contribution in [0.4, 0.5) is 15.9 Å². The summed E-state index contributed by atoms with van der Waals surface area (Å²) in [5, 5.41) is 12.0. The highest BCUT2D eigenvalue weighted by atomic mass is 19.1. The number of carbonyl (C=O) groups is 1. The molecule has 44 heavy (non-hydrogen) atoms. The van der Waals surface area contributed by atoms with Crippen LogP contribution in [0.3, 0.4) is 0 Å². The molecule has 0 bridgehead atoms. The molecule has 0 spiro atoms. The fourth-order valence-electron chi connectivity index (χ4n) is 7.00. The van der Waals surface area contributed by atoms with Crippen molar-refractivity contribution in [2.24, 2.45) is 0 Å². The number of nitriles is 1. The van der Waals surface area contributed by atoms with Gasteiger partial charge in [-0.15, -0.1) is 0 Å². The van der Waals surface area contributed by atoms with Gasteiger partial charge in [0.2, 0.25) is 5.91 Å². The maximum atomic E-state index is 14.1. The first-order valence-electron chi connectivity index (χ1n) is 15.5. The van der Waals surface area contributed by atoms with E-state index in [1.807, 2.05) is 11.9 Å². The van der Waals surface area contributed by atoms with E-state index >= 15 is 0 Å². The maximum absolute atomic E-state index is 14.1. The topological polar surface area (TPSA) is 88.8 Å². The average Bonchev–Trinajstić information content (AvgIpc) is 3.20. The predicted molar refractivity (Wildman–Crippen MR) is 170 cm³/mol. The Labute approximate surface area is 258 Å². The number of carbonyl (C=O) groups excluding carboxylic acids is 1. The highest BCUT2D eigenvalue weighted by molar-refractivity contribution is 5.97. The number of amides is 1. The van der Waals surface area contributed by atoms with Crippen molar-refractivity contribution >= 4 is 28.2 Å². The molecule has 0 N–H and O–H groups in total. The number of halogens is 1. The van der Waals surface area contributed by atoms with Gasteiger partial charge in [-0.3, -0.25) is 9.69 Å². The zero-order chi connectivity index (χ0) is 30.8. The van der Waals surface area contributed by atoms with Gasteiger partial charge in [-0.2, -0.15) is 15.2 Å². The van der Waals surface area contributed by atoms with E-state index in [4.69, 9.17) is 14.7 Å². The van der Waals surface area contributed by atoms with Crippen molar-refractivity contribution in [3.63, 3.8) is 0 Å². The monoisotopic (exact) mass is 597 g/mol. The third-order valence-corrected chi connectivity index (χ3v) is 9.29. The van der Waals surface area contributed by atoms with E-state index in [0.717, 1.165) is 36.5 Å². The maximum Gasteiger partial charge on any atom is 0.318 e. The second-order valence-corrected chi connectivity index (χ2v) is 12.2. The highest BCUT2D eigenvalue weighted by Gasteiger charge is 2.34. The van der Waals surface area contributed by atoms with Crippen LogP contribution in [0.15, 0.2) is 49.1 Å². The van der Waals surface area contributed by atoms with Gasteiger partial charge in [0.25, 0.3) is 0 Å². The second-order valence-electron chi connectivity index (χ2n) is 12.2. The number of aromatic nitrogens is 2. The number of hydrogen-bond acceptors (Lipinski definition) is 8.